The van der Waals surface area contributed by atoms with E-state index in [4.69, 9.17) is 9.15 Å². The number of halogens is 1. The molecule has 1 aromatic heterocycles. The van der Waals surface area contributed by atoms with Gasteiger partial charge in [-0.25, -0.2) is 0 Å². The summed E-state index contributed by atoms with van der Waals surface area (Å²) in [7, 11) is 0. The minimum absolute atomic E-state index is 0.681. The maximum Gasteiger partial charge on any atom is 0.134 e. The number of fused-ring (bicyclic) bond motifs is 3. The van der Waals surface area contributed by atoms with Crippen molar-refractivity contribution < 1.29 is 9.15 Å². The van der Waals surface area contributed by atoms with Crippen LogP contribution in [-0.4, -0.2) is 11.9 Å². The Morgan fingerprint density at radius 2 is 2.10 bits per heavy atom. The first-order chi connectivity index (χ1) is 9.83. The molecule has 0 bridgehead atoms. The van der Waals surface area contributed by atoms with Crippen LogP contribution in [0.15, 0.2) is 41.0 Å². The van der Waals surface area contributed by atoms with Crippen molar-refractivity contribution in [2.75, 3.05) is 11.9 Å². The molecular formula is C17H17BrO2. The summed E-state index contributed by atoms with van der Waals surface area (Å²) in [5.74, 6) is 0.914. The molecule has 0 amide bonds. The minimum Gasteiger partial charge on any atom is -0.493 e. The van der Waals surface area contributed by atoms with Crippen molar-refractivity contribution in [3.05, 3.63) is 42.2 Å². The van der Waals surface area contributed by atoms with Gasteiger partial charge in [-0.15, -0.1) is 0 Å². The number of rotatable bonds is 5. The number of hydrogen-bond donors (Lipinski definition) is 0. The molecule has 2 aromatic carbocycles. The summed E-state index contributed by atoms with van der Waals surface area (Å²) in [6.45, 7) is 2.87. The van der Waals surface area contributed by atoms with Gasteiger partial charge in [-0.05, 0) is 47.0 Å². The van der Waals surface area contributed by atoms with Gasteiger partial charge in [0, 0.05) is 10.7 Å². The van der Waals surface area contributed by atoms with E-state index in [1.54, 1.807) is 0 Å². The number of hydrogen-bond acceptors (Lipinski definition) is 2. The van der Waals surface area contributed by atoms with E-state index in [1.807, 2.05) is 18.4 Å². The standard InChI is InChI=1S/C17H17BrO2/c1-2-3-13-11-20-16-7-4-12-10-14(19-9-8-18)5-6-15(12)17(13)16/h4-7,10-11H,2-3,8-9H2,1H3. The molecule has 104 valence electrons. The molecule has 0 saturated carbocycles. The van der Waals surface area contributed by atoms with E-state index in [-0.39, 0.29) is 0 Å². The highest BCUT2D eigenvalue weighted by atomic mass is 79.9. The highest BCUT2D eigenvalue weighted by Crippen LogP contribution is 2.32. The van der Waals surface area contributed by atoms with Crippen molar-refractivity contribution in [2.24, 2.45) is 0 Å². The second kappa shape index (κ2) is 5.88. The van der Waals surface area contributed by atoms with E-state index in [0.29, 0.717) is 6.61 Å². The molecule has 0 saturated heterocycles. The van der Waals surface area contributed by atoms with Crippen LogP contribution in [-0.2, 0) is 6.42 Å². The average molecular weight is 333 g/mol. The van der Waals surface area contributed by atoms with Gasteiger partial charge in [0.05, 0.1) is 12.9 Å². The normalized spacial score (nSPS) is 11.3. The summed E-state index contributed by atoms with van der Waals surface area (Å²) in [6.07, 6.45) is 4.06. The number of alkyl halides is 1. The molecule has 0 aliphatic heterocycles. The molecule has 3 heteroatoms. The van der Waals surface area contributed by atoms with E-state index >= 15 is 0 Å². The number of benzene rings is 2. The van der Waals surface area contributed by atoms with Gasteiger partial charge in [0.1, 0.15) is 11.3 Å². The lowest BCUT2D eigenvalue weighted by Crippen LogP contribution is -1.97. The van der Waals surface area contributed by atoms with Crippen molar-refractivity contribution in [1.29, 1.82) is 0 Å². The lowest BCUT2D eigenvalue weighted by molar-refractivity contribution is 0.345. The maximum absolute atomic E-state index is 5.67. The Bertz CT molecular complexity index is 730. The smallest absolute Gasteiger partial charge is 0.134 e. The van der Waals surface area contributed by atoms with E-state index in [0.717, 1.165) is 29.5 Å². The monoisotopic (exact) mass is 332 g/mol. The van der Waals surface area contributed by atoms with Gasteiger partial charge >= 0.3 is 0 Å². The van der Waals surface area contributed by atoms with Gasteiger partial charge in [-0.2, -0.15) is 0 Å². The second-order valence-electron chi connectivity index (χ2n) is 4.87. The van der Waals surface area contributed by atoms with Crippen molar-refractivity contribution >= 4 is 37.7 Å². The first-order valence-corrected chi connectivity index (χ1v) is 8.07. The molecule has 0 spiro atoms. The Morgan fingerprint density at radius 1 is 1.20 bits per heavy atom. The Kier molecular flexibility index (Phi) is 3.97. The summed E-state index contributed by atoms with van der Waals surface area (Å²) in [6, 6.07) is 10.4. The van der Waals surface area contributed by atoms with Crippen LogP contribution in [0.5, 0.6) is 5.75 Å². The van der Waals surface area contributed by atoms with Crippen LogP contribution in [0.1, 0.15) is 18.9 Å². The Balaban J connectivity index is 2.13. The Labute approximate surface area is 126 Å². The molecule has 0 aliphatic carbocycles. The summed E-state index contributed by atoms with van der Waals surface area (Å²) < 4.78 is 11.3. The predicted molar refractivity (Wildman–Crippen MR) is 87.0 cm³/mol. The fourth-order valence-corrected chi connectivity index (χ4v) is 2.77. The SMILES string of the molecule is CCCc1coc2ccc3cc(OCCBr)ccc3c12. The quantitative estimate of drug-likeness (QED) is 0.590. The van der Waals surface area contributed by atoms with Crippen molar-refractivity contribution in [3.8, 4) is 5.75 Å². The zero-order valence-electron chi connectivity index (χ0n) is 11.5. The zero-order valence-corrected chi connectivity index (χ0v) is 13.1. The molecule has 0 atom stereocenters. The fraction of sp³-hybridized carbons (Fsp3) is 0.294. The van der Waals surface area contributed by atoms with Crippen LogP contribution in [0.25, 0.3) is 21.7 Å². The van der Waals surface area contributed by atoms with Crippen molar-refractivity contribution in [2.45, 2.75) is 19.8 Å². The Morgan fingerprint density at radius 3 is 2.90 bits per heavy atom. The number of aryl methyl sites for hydroxylation is 1. The maximum atomic E-state index is 5.67. The van der Waals surface area contributed by atoms with Crippen molar-refractivity contribution in [3.63, 3.8) is 0 Å². The summed E-state index contributed by atoms with van der Waals surface area (Å²) in [5, 5.41) is 4.53. The van der Waals surface area contributed by atoms with E-state index in [9.17, 15) is 0 Å². The third-order valence-corrected chi connectivity index (χ3v) is 3.79. The van der Waals surface area contributed by atoms with Crippen LogP contribution in [0.3, 0.4) is 0 Å². The van der Waals surface area contributed by atoms with Crippen LogP contribution >= 0.6 is 15.9 Å². The predicted octanol–water partition coefficient (Wildman–Crippen LogP) is 5.31. The Hall–Kier alpha value is -1.48. The average Bonchev–Trinajstić information content (AvgIpc) is 2.89. The highest BCUT2D eigenvalue weighted by molar-refractivity contribution is 9.09. The summed E-state index contributed by atoms with van der Waals surface area (Å²) in [5.41, 5.74) is 2.26. The molecule has 2 nitrogen and oxygen atoms in total. The molecule has 0 N–H and O–H groups in total. The first kappa shape index (κ1) is 13.5. The highest BCUT2D eigenvalue weighted by Gasteiger charge is 2.09. The molecule has 3 aromatic rings. The second-order valence-corrected chi connectivity index (χ2v) is 5.66. The van der Waals surface area contributed by atoms with Gasteiger partial charge in [-0.1, -0.05) is 35.3 Å². The molecule has 3 rings (SSSR count). The van der Waals surface area contributed by atoms with Gasteiger partial charge in [0.15, 0.2) is 0 Å². The lowest BCUT2D eigenvalue weighted by Gasteiger charge is -2.07. The third kappa shape index (κ3) is 2.42. The number of furan rings is 1. The minimum atomic E-state index is 0.681. The molecule has 0 unspecified atom stereocenters. The molecule has 0 aliphatic rings. The third-order valence-electron chi connectivity index (χ3n) is 3.47. The topological polar surface area (TPSA) is 22.4 Å². The van der Waals surface area contributed by atoms with Crippen LogP contribution < -0.4 is 4.74 Å². The summed E-state index contributed by atoms with van der Waals surface area (Å²) >= 11 is 3.37. The van der Waals surface area contributed by atoms with Gasteiger partial charge < -0.3 is 9.15 Å². The molecule has 0 radical (unpaired) electrons. The zero-order chi connectivity index (χ0) is 13.9. The van der Waals surface area contributed by atoms with Crippen LogP contribution in [0.4, 0.5) is 0 Å². The van der Waals surface area contributed by atoms with E-state index in [2.05, 4.69) is 41.1 Å². The number of ether oxygens (including phenoxy) is 1. The molecule has 1 heterocycles. The van der Waals surface area contributed by atoms with Gasteiger partial charge in [-0.3, -0.25) is 0 Å². The molecule has 20 heavy (non-hydrogen) atoms. The van der Waals surface area contributed by atoms with Gasteiger partial charge in [0.2, 0.25) is 0 Å². The first-order valence-electron chi connectivity index (χ1n) is 6.95. The van der Waals surface area contributed by atoms with Gasteiger partial charge in [0.25, 0.3) is 0 Å². The molecule has 0 fully saturated rings. The van der Waals surface area contributed by atoms with E-state index in [1.165, 1.54) is 21.7 Å². The molecular weight excluding hydrogens is 316 g/mol. The fourth-order valence-electron chi connectivity index (χ4n) is 2.61. The van der Waals surface area contributed by atoms with E-state index < -0.39 is 0 Å². The summed E-state index contributed by atoms with van der Waals surface area (Å²) in [4.78, 5) is 0. The lowest BCUT2D eigenvalue weighted by atomic mass is 10.0. The largest absolute Gasteiger partial charge is 0.493 e. The van der Waals surface area contributed by atoms with Crippen molar-refractivity contribution in [1.82, 2.24) is 0 Å². The van der Waals surface area contributed by atoms with Crippen LogP contribution in [0, 0.1) is 0 Å². The van der Waals surface area contributed by atoms with Crippen LogP contribution in [0.2, 0.25) is 0 Å².